The van der Waals surface area contributed by atoms with Crippen molar-refractivity contribution in [3.05, 3.63) is 82.5 Å². The van der Waals surface area contributed by atoms with Crippen LogP contribution in [0.5, 0.6) is 11.6 Å². The second-order valence-corrected chi connectivity index (χ2v) is 8.91. The first-order valence-corrected chi connectivity index (χ1v) is 11.8. The number of ether oxygens (including phenoxy) is 1. The van der Waals surface area contributed by atoms with Gasteiger partial charge in [0.2, 0.25) is 18.2 Å². The first kappa shape index (κ1) is 27.2. The molecule has 0 saturated heterocycles. The lowest BCUT2D eigenvalue weighted by Gasteiger charge is -2.25. The molecular formula is C27H27ClN6O3. The normalized spacial score (nSPS) is 11.0. The predicted octanol–water partition coefficient (Wildman–Crippen LogP) is 5.40. The zero-order valence-electron chi connectivity index (χ0n) is 21.0. The summed E-state index contributed by atoms with van der Waals surface area (Å²) in [4.78, 5) is 36.3. The van der Waals surface area contributed by atoms with Crippen LogP contribution in [0.3, 0.4) is 0 Å². The summed E-state index contributed by atoms with van der Waals surface area (Å²) >= 11 is 6.42. The van der Waals surface area contributed by atoms with Crippen LogP contribution >= 0.6 is 11.6 Å². The molecular weight excluding hydrogens is 492 g/mol. The Morgan fingerprint density at radius 2 is 1.95 bits per heavy atom. The van der Waals surface area contributed by atoms with Crippen molar-refractivity contribution >= 4 is 35.7 Å². The van der Waals surface area contributed by atoms with Crippen LogP contribution in [-0.2, 0) is 11.3 Å². The number of pyridine rings is 1. The molecule has 2 aromatic carbocycles. The number of guanidine groups is 1. The van der Waals surface area contributed by atoms with Gasteiger partial charge in [-0.3, -0.25) is 15.0 Å². The summed E-state index contributed by atoms with van der Waals surface area (Å²) in [6, 6.07) is 17.2. The third-order valence-electron chi connectivity index (χ3n) is 5.42. The molecule has 37 heavy (non-hydrogen) atoms. The Kier molecular flexibility index (Phi) is 9.19. The molecule has 190 valence electrons. The highest BCUT2D eigenvalue weighted by molar-refractivity contribution is 6.32. The molecule has 0 unspecified atom stereocenters. The van der Waals surface area contributed by atoms with Crippen LogP contribution in [0.15, 0.2) is 65.8 Å². The number of amides is 3. The fourth-order valence-corrected chi connectivity index (χ4v) is 3.23. The minimum Gasteiger partial charge on any atom is -0.437 e. The largest absolute Gasteiger partial charge is 0.437 e. The highest BCUT2D eigenvalue weighted by Crippen LogP contribution is 2.32. The van der Waals surface area contributed by atoms with Crippen LogP contribution in [0.2, 0.25) is 5.02 Å². The van der Waals surface area contributed by atoms with Gasteiger partial charge in [-0.2, -0.15) is 5.26 Å². The summed E-state index contributed by atoms with van der Waals surface area (Å²) in [5.41, 5.74) is 2.76. The number of nitrogens with zero attached hydrogens (tertiary/aromatic N) is 5. The molecule has 1 N–H and O–H groups in total. The molecule has 3 rings (SSSR count). The van der Waals surface area contributed by atoms with E-state index in [9.17, 15) is 9.59 Å². The van der Waals surface area contributed by atoms with Crippen molar-refractivity contribution in [1.29, 1.82) is 5.26 Å². The van der Waals surface area contributed by atoms with E-state index >= 15 is 0 Å². The predicted molar refractivity (Wildman–Crippen MR) is 142 cm³/mol. The standard InChI is InChI=1S/C27H27ClN6O3/c1-18(2)33(4)27(36)32-26(34(17-35)16-20-7-5-19(3)6-8-20)31-22-10-11-24(23(28)13-22)37-25-12-9-21(14-29)15-30-25/h5-13,15,17-18H,16H2,1-4H3,(H,31,32,36). The van der Waals surface area contributed by atoms with Crippen molar-refractivity contribution in [3.8, 4) is 17.7 Å². The number of hydrogen-bond acceptors (Lipinski definition) is 6. The second kappa shape index (κ2) is 12.5. The minimum atomic E-state index is -0.414. The van der Waals surface area contributed by atoms with Gasteiger partial charge in [0, 0.05) is 25.4 Å². The van der Waals surface area contributed by atoms with Crippen LogP contribution in [0, 0.1) is 18.3 Å². The van der Waals surface area contributed by atoms with Gasteiger partial charge >= 0.3 is 6.03 Å². The zero-order valence-corrected chi connectivity index (χ0v) is 21.7. The zero-order chi connectivity index (χ0) is 26.9. The van der Waals surface area contributed by atoms with Gasteiger partial charge in [-0.15, -0.1) is 0 Å². The fraction of sp³-hybridized carbons (Fsp3) is 0.222. The van der Waals surface area contributed by atoms with Gasteiger partial charge in [-0.1, -0.05) is 41.4 Å². The topological polar surface area (TPSA) is 111 Å². The molecule has 0 radical (unpaired) electrons. The molecule has 0 aliphatic heterocycles. The quantitative estimate of drug-likeness (QED) is 0.255. The monoisotopic (exact) mass is 518 g/mol. The average molecular weight is 519 g/mol. The number of carbonyl (C=O) groups is 2. The van der Waals surface area contributed by atoms with E-state index in [-0.39, 0.29) is 29.4 Å². The molecule has 1 heterocycles. The molecule has 1 aromatic heterocycles. The Morgan fingerprint density at radius 1 is 1.22 bits per heavy atom. The number of aromatic nitrogens is 1. The van der Waals surface area contributed by atoms with Gasteiger partial charge in [0.15, 0.2) is 0 Å². The number of nitriles is 1. The maximum Gasteiger partial charge on any atom is 0.324 e. The summed E-state index contributed by atoms with van der Waals surface area (Å²) in [6.45, 7) is 5.93. The smallest absolute Gasteiger partial charge is 0.324 e. The number of carbonyl (C=O) groups excluding carboxylic acids is 2. The summed E-state index contributed by atoms with van der Waals surface area (Å²) in [7, 11) is 1.66. The second-order valence-electron chi connectivity index (χ2n) is 8.50. The van der Waals surface area contributed by atoms with Gasteiger partial charge in [0.05, 0.1) is 22.8 Å². The number of nitrogens with one attached hydrogen (secondary N) is 1. The van der Waals surface area contributed by atoms with Gasteiger partial charge in [-0.05, 0) is 50.6 Å². The molecule has 9 nitrogen and oxygen atoms in total. The Hall–Kier alpha value is -4.42. The van der Waals surface area contributed by atoms with Crippen molar-refractivity contribution in [3.63, 3.8) is 0 Å². The first-order valence-electron chi connectivity index (χ1n) is 11.4. The van der Waals surface area contributed by atoms with Crippen molar-refractivity contribution in [2.75, 3.05) is 7.05 Å². The van der Waals surface area contributed by atoms with Gasteiger partial charge in [0.1, 0.15) is 11.8 Å². The molecule has 0 spiro atoms. The summed E-state index contributed by atoms with van der Waals surface area (Å²) < 4.78 is 5.70. The van der Waals surface area contributed by atoms with E-state index in [4.69, 9.17) is 21.6 Å². The van der Waals surface area contributed by atoms with Gasteiger partial charge in [-0.25, -0.2) is 14.8 Å². The van der Waals surface area contributed by atoms with E-state index in [0.717, 1.165) is 11.1 Å². The average Bonchev–Trinajstić information content (AvgIpc) is 2.89. The number of hydrogen-bond donors (Lipinski definition) is 1. The number of aryl methyl sites for hydroxylation is 1. The highest BCUT2D eigenvalue weighted by Gasteiger charge is 2.19. The lowest BCUT2D eigenvalue weighted by Crippen LogP contribution is -2.49. The molecule has 0 fully saturated rings. The Bertz CT molecular complexity index is 1320. The van der Waals surface area contributed by atoms with E-state index in [1.54, 1.807) is 37.4 Å². The van der Waals surface area contributed by atoms with Gasteiger partial charge in [0.25, 0.3) is 0 Å². The molecule has 3 aromatic rings. The fourth-order valence-electron chi connectivity index (χ4n) is 3.02. The van der Waals surface area contributed by atoms with Crippen LogP contribution < -0.4 is 10.1 Å². The van der Waals surface area contributed by atoms with Crippen LogP contribution in [-0.4, -0.2) is 46.3 Å². The number of aliphatic imine (C=N–C) groups is 1. The summed E-state index contributed by atoms with van der Waals surface area (Å²) in [5.74, 6) is 0.647. The third kappa shape index (κ3) is 7.53. The number of urea groups is 1. The maximum atomic E-state index is 12.8. The van der Waals surface area contributed by atoms with Crippen molar-refractivity contribution in [2.24, 2.45) is 4.99 Å². The van der Waals surface area contributed by atoms with Crippen LogP contribution in [0.1, 0.15) is 30.5 Å². The lowest BCUT2D eigenvalue weighted by molar-refractivity contribution is -0.115. The first-order chi connectivity index (χ1) is 17.7. The van der Waals surface area contributed by atoms with E-state index in [1.807, 2.05) is 51.1 Å². The molecule has 0 aliphatic rings. The van der Waals surface area contributed by atoms with Crippen LogP contribution in [0.25, 0.3) is 0 Å². The van der Waals surface area contributed by atoms with Crippen molar-refractivity contribution < 1.29 is 14.3 Å². The molecule has 3 amide bonds. The lowest BCUT2D eigenvalue weighted by atomic mass is 10.1. The Labute approximate surface area is 221 Å². The molecule has 10 heteroatoms. The van der Waals surface area contributed by atoms with E-state index in [0.29, 0.717) is 23.4 Å². The minimum absolute atomic E-state index is 0.0477. The molecule has 0 bridgehead atoms. The molecule has 0 atom stereocenters. The summed E-state index contributed by atoms with van der Waals surface area (Å²) in [6.07, 6.45) is 2.01. The third-order valence-corrected chi connectivity index (χ3v) is 5.71. The SMILES string of the molecule is Cc1ccc(CN(C=O)C(=Nc2ccc(Oc3ccc(C#N)cn3)c(Cl)c2)NC(=O)N(C)C(C)C)cc1. The Morgan fingerprint density at radius 3 is 2.51 bits per heavy atom. The maximum absolute atomic E-state index is 12.8. The number of benzene rings is 2. The number of halogens is 1. The summed E-state index contributed by atoms with van der Waals surface area (Å²) in [5, 5.41) is 11.9. The van der Waals surface area contributed by atoms with Crippen LogP contribution in [0.4, 0.5) is 10.5 Å². The van der Waals surface area contributed by atoms with Crippen molar-refractivity contribution in [1.82, 2.24) is 20.1 Å². The van der Waals surface area contributed by atoms with E-state index in [1.165, 1.54) is 16.0 Å². The van der Waals surface area contributed by atoms with Crippen molar-refractivity contribution in [2.45, 2.75) is 33.4 Å². The van der Waals surface area contributed by atoms with E-state index in [2.05, 4.69) is 15.3 Å². The molecule has 0 saturated carbocycles. The Balaban J connectivity index is 1.90. The van der Waals surface area contributed by atoms with E-state index < -0.39 is 6.03 Å². The number of rotatable bonds is 7. The molecule has 0 aliphatic carbocycles. The highest BCUT2D eigenvalue weighted by atomic mass is 35.5. The van der Waals surface area contributed by atoms with Gasteiger partial charge < -0.3 is 9.64 Å².